The first kappa shape index (κ1) is 19.6. The summed E-state index contributed by atoms with van der Waals surface area (Å²) in [5, 5.41) is 0.427. The summed E-state index contributed by atoms with van der Waals surface area (Å²) >= 11 is 6.33. The van der Waals surface area contributed by atoms with Crippen molar-refractivity contribution < 1.29 is 14.3 Å². The number of allylic oxidation sites excluding steroid dienone is 2. The van der Waals surface area contributed by atoms with E-state index in [1.807, 2.05) is 18.2 Å². The standard InChI is InChI=1S/C23H23ClN2O3/c1-23(2)11-18-22(19(27)12-23)16(14-5-4-8-25-13-14)10-21(28)26(18)15-6-7-20(29-3)17(24)9-15/h4-9,13,16H,10-12H2,1-3H3. The summed E-state index contributed by atoms with van der Waals surface area (Å²) in [5.74, 6) is 0.327. The third-order valence-corrected chi connectivity index (χ3v) is 5.92. The summed E-state index contributed by atoms with van der Waals surface area (Å²) in [7, 11) is 1.55. The molecule has 1 amide bonds. The Bertz CT molecular complexity index is 1010. The van der Waals surface area contributed by atoms with Crippen LogP contribution >= 0.6 is 11.6 Å². The van der Waals surface area contributed by atoms with Gasteiger partial charge in [-0.15, -0.1) is 0 Å². The number of hydrogen-bond acceptors (Lipinski definition) is 4. The van der Waals surface area contributed by atoms with E-state index in [0.29, 0.717) is 29.3 Å². The molecule has 2 aliphatic rings. The Morgan fingerprint density at radius 2 is 2.00 bits per heavy atom. The second-order valence-corrected chi connectivity index (χ2v) is 8.80. The predicted octanol–water partition coefficient (Wildman–Crippen LogP) is 4.91. The fourth-order valence-corrected chi connectivity index (χ4v) is 4.63. The molecule has 150 valence electrons. The molecule has 1 aromatic heterocycles. The average molecular weight is 411 g/mol. The van der Waals surface area contributed by atoms with Crippen LogP contribution in [0.3, 0.4) is 0 Å². The molecule has 0 N–H and O–H groups in total. The molecule has 1 atom stereocenters. The van der Waals surface area contributed by atoms with Gasteiger partial charge in [-0.05, 0) is 41.7 Å². The number of hydrogen-bond donors (Lipinski definition) is 0. The van der Waals surface area contributed by atoms with Crippen LogP contribution in [0, 0.1) is 5.41 Å². The van der Waals surface area contributed by atoms with E-state index in [4.69, 9.17) is 16.3 Å². The van der Waals surface area contributed by atoms with Gasteiger partial charge in [0.15, 0.2) is 5.78 Å². The molecule has 0 radical (unpaired) electrons. The van der Waals surface area contributed by atoms with Crippen molar-refractivity contribution in [2.75, 3.05) is 12.0 Å². The Labute approximate surface area is 175 Å². The highest BCUT2D eigenvalue weighted by atomic mass is 35.5. The first-order valence-corrected chi connectivity index (χ1v) is 10.0. The van der Waals surface area contributed by atoms with Crippen LogP contribution in [-0.2, 0) is 9.59 Å². The molecule has 0 fully saturated rings. The summed E-state index contributed by atoms with van der Waals surface area (Å²) in [5.41, 5.74) is 2.83. The number of Topliss-reactive ketones (excluding diaryl/α,β-unsaturated/α-hetero) is 1. The highest BCUT2D eigenvalue weighted by Crippen LogP contribution is 2.48. The highest BCUT2D eigenvalue weighted by Gasteiger charge is 2.44. The number of aromatic nitrogens is 1. The van der Waals surface area contributed by atoms with Gasteiger partial charge in [0, 0.05) is 42.4 Å². The fourth-order valence-electron chi connectivity index (χ4n) is 4.38. The molecular weight excluding hydrogens is 388 g/mol. The van der Waals surface area contributed by atoms with Crippen molar-refractivity contribution in [3.8, 4) is 5.75 Å². The zero-order valence-electron chi connectivity index (χ0n) is 16.7. The van der Waals surface area contributed by atoms with Gasteiger partial charge in [-0.25, -0.2) is 0 Å². The molecule has 6 heteroatoms. The van der Waals surface area contributed by atoms with Crippen LogP contribution in [0.25, 0.3) is 0 Å². The molecule has 1 aromatic carbocycles. The van der Waals surface area contributed by atoms with E-state index in [1.54, 1.807) is 36.5 Å². The van der Waals surface area contributed by atoms with E-state index >= 15 is 0 Å². The SMILES string of the molecule is COc1ccc(N2C(=O)CC(c3cccnc3)C3=C2CC(C)(C)CC3=O)cc1Cl. The number of rotatable bonds is 3. The van der Waals surface area contributed by atoms with Gasteiger partial charge < -0.3 is 4.74 Å². The summed E-state index contributed by atoms with van der Waals surface area (Å²) in [4.78, 5) is 32.4. The average Bonchev–Trinajstić information content (AvgIpc) is 2.67. The molecule has 4 rings (SSSR count). The largest absolute Gasteiger partial charge is 0.495 e. The second-order valence-electron chi connectivity index (χ2n) is 8.39. The summed E-state index contributed by atoms with van der Waals surface area (Å²) < 4.78 is 5.24. The van der Waals surface area contributed by atoms with E-state index in [9.17, 15) is 9.59 Å². The molecule has 29 heavy (non-hydrogen) atoms. The van der Waals surface area contributed by atoms with E-state index in [2.05, 4.69) is 18.8 Å². The number of halogens is 1. The maximum Gasteiger partial charge on any atom is 0.232 e. The van der Waals surface area contributed by atoms with Crippen molar-refractivity contribution in [1.82, 2.24) is 4.98 Å². The molecule has 0 bridgehead atoms. The molecule has 1 aliphatic heterocycles. The van der Waals surface area contributed by atoms with Gasteiger partial charge in [0.05, 0.1) is 17.8 Å². The van der Waals surface area contributed by atoms with Gasteiger partial charge in [-0.1, -0.05) is 31.5 Å². The molecule has 1 unspecified atom stereocenters. The van der Waals surface area contributed by atoms with Gasteiger partial charge in [0.1, 0.15) is 5.75 Å². The van der Waals surface area contributed by atoms with Crippen LogP contribution in [0.5, 0.6) is 5.75 Å². The second kappa shape index (κ2) is 7.30. The number of carbonyl (C=O) groups excluding carboxylic acids is 2. The van der Waals surface area contributed by atoms with E-state index in [0.717, 1.165) is 16.8 Å². The number of pyridine rings is 1. The minimum atomic E-state index is -0.264. The van der Waals surface area contributed by atoms with Gasteiger partial charge >= 0.3 is 0 Å². The molecule has 0 spiro atoms. The molecule has 2 heterocycles. The first-order valence-electron chi connectivity index (χ1n) is 9.63. The van der Waals surface area contributed by atoms with Crippen LogP contribution in [0.2, 0.25) is 5.02 Å². The van der Waals surface area contributed by atoms with Gasteiger partial charge in [0.2, 0.25) is 5.91 Å². The topological polar surface area (TPSA) is 59.5 Å². The normalized spacial score (nSPS) is 21.2. The van der Waals surface area contributed by atoms with Crippen LogP contribution in [0.15, 0.2) is 54.0 Å². The number of amides is 1. The lowest BCUT2D eigenvalue weighted by Crippen LogP contribution is -2.43. The lowest BCUT2D eigenvalue weighted by molar-refractivity contribution is -0.121. The number of carbonyl (C=O) groups is 2. The Kier molecular flexibility index (Phi) is 4.95. The summed E-state index contributed by atoms with van der Waals surface area (Å²) in [6.07, 6.45) is 4.77. The number of benzene rings is 1. The Morgan fingerprint density at radius 1 is 1.21 bits per heavy atom. The number of nitrogens with zero attached hydrogens (tertiary/aromatic N) is 2. The Hall–Kier alpha value is -2.66. The minimum absolute atomic E-state index is 0.0515. The first-order chi connectivity index (χ1) is 13.8. The van der Waals surface area contributed by atoms with Crippen LogP contribution < -0.4 is 9.64 Å². The minimum Gasteiger partial charge on any atom is -0.495 e. The van der Waals surface area contributed by atoms with Gasteiger partial charge in [0.25, 0.3) is 0 Å². The molecule has 0 saturated heterocycles. The smallest absolute Gasteiger partial charge is 0.232 e. The summed E-state index contributed by atoms with van der Waals surface area (Å²) in [6.45, 7) is 4.12. The third-order valence-electron chi connectivity index (χ3n) is 5.62. The van der Waals surface area contributed by atoms with Gasteiger partial charge in [-0.3, -0.25) is 19.5 Å². The van der Waals surface area contributed by atoms with Crippen LogP contribution in [0.1, 0.15) is 44.6 Å². The Morgan fingerprint density at radius 3 is 2.66 bits per heavy atom. The van der Waals surface area contributed by atoms with Crippen molar-refractivity contribution in [3.05, 3.63) is 64.6 Å². The van der Waals surface area contributed by atoms with Crippen molar-refractivity contribution in [2.24, 2.45) is 5.41 Å². The Balaban J connectivity index is 1.88. The number of anilines is 1. The molecular formula is C23H23ClN2O3. The molecule has 2 aromatic rings. The van der Waals surface area contributed by atoms with Crippen molar-refractivity contribution in [2.45, 2.75) is 39.0 Å². The van der Waals surface area contributed by atoms with Gasteiger partial charge in [-0.2, -0.15) is 0 Å². The monoisotopic (exact) mass is 410 g/mol. The number of methoxy groups -OCH3 is 1. The zero-order valence-corrected chi connectivity index (χ0v) is 17.5. The highest BCUT2D eigenvalue weighted by molar-refractivity contribution is 6.32. The maximum absolute atomic E-state index is 13.3. The maximum atomic E-state index is 13.3. The van der Waals surface area contributed by atoms with Crippen molar-refractivity contribution >= 4 is 29.0 Å². The van der Waals surface area contributed by atoms with Crippen molar-refractivity contribution in [1.29, 1.82) is 0 Å². The van der Waals surface area contributed by atoms with E-state index < -0.39 is 0 Å². The molecule has 0 saturated carbocycles. The fraction of sp³-hybridized carbons (Fsp3) is 0.348. The van der Waals surface area contributed by atoms with E-state index in [-0.39, 0.29) is 29.4 Å². The molecule has 1 aliphatic carbocycles. The number of ether oxygens (including phenoxy) is 1. The zero-order chi connectivity index (χ0) is 20.8. The molecule has 5 nitrogen and oxygen atoms in total. The summed E-state index contributed by atoms with van der Waals surface area (Å²) in [6, 6.07) is 9.05. The lowest BCUT2D eigenvalue weighted by Gasteiger charge is -2.43. The van der Waals surface area contributed by atoms with Crippen LogP contribution in [-0.4, -0.2) is 23.8 Å². The lowest BCUT2D eigenvalue weighted by atomic mass is 9.69. The number of ketones is 1. The predicted molar refractivity (Wildman–Crippen MR) is 112 cm³/mol. The van der Waals surface area contributed by atoms with Crippen molar-refractivity contribution in [3.63, 3.8) is 0 Å². The van der Waals surface area contributed by atoms with E-state index in [1.165, 1.54) is 0 Å². The quantitative estimate of drug-likeness (QED) is 0.721. The third kappa shape index (κ3) is 3.55. The van der Waals surface area contributed by atoms with Crippen LogP contribution in [0.4, 0.5) is 5.69 Å².